The van der Waals surface area contributed by atoms with Crippen molar-refractivity contribution in [2.75, 3.05) is 13.1 Å². The quantitative estimate of drug-likeness (QED) is 0.570. The molecule has 0 saturated carbocycles. The van der Waals surface area contributed by atoms with E-state index in [0.29, 0.717) is 31.0 Å². The van der Waals surface area contributed by atoms with Crippen molar-refractivity contribution in [2.45, 2.75) is 32.3 Å². The zero-order valence-electron chi connectivity index (χ0n) is 11.4. The number of halogens is 2. The normalized spacial score (nSPS) is 12.2. The highest BCUT2D eigenvalue weighted by Gasteiger charge is 2.18. The maximum absolute atomic E-state index is 10.6. The first kappa shape index (κ1) is 17.1. The Morgan fingerprint density at radius 1 is 1.35 bits per heavy atom. The maximum atomic E-state index is 10.6. The lowest BCUT2D eigenvalue weighted by atomic mass is 10.0. The molecule has 0 bridgehead atoms. The third kappa shape index (κ3) is 4.54. The lowest BCUT2D eigenvalue weighted by Gasteiger charge is -2.17. The molecule has 1 unspecified atom stereocenters. The third-order valence-corrected chi connectivity index (χ3v) is 3.99. The van der Waals surface area contributed by atoms with Gasteiger partial charge in [0.05, 0.1) is 16.1 Å². The smallest absolute Gasteiger partial charge is 0.209 e. The molecule has 1 aromatic carbocycles. The van der Waals surface area contributed by atoms with Crippen LogP contribution in [0.1, 0.15) is 37.9 Å². The third-order valence-electron chi connectivity index (χ3n) is 3.17. The number of rotatable bonds is 8. The minimum atomic E-state index is -0.868. The van der Waals surface area contributed by atoms with Crippen LogP contribution < -0.4 is 0 Å². The van der Waals surface area contributed by atoms with Gasteiger partial charge in [0.15, 0.2) is 0 Å². The summed E-state index contributed by atoms with van der Waals surface area (Å²) in [5, 5.41) is 20.3. The van der Waals surface area contributed by atoms with E-state index in [1.54, 1.807) is 4.90 Å². The zero-order chi connectivity index (χ0) is 15.1. The Hall–Kier alpha value is -0.970. The molecule has 0 aliphatic carbocycles. The van der Waals surface area contributed by atoms with Crippen LogP contribution in [0.3, 0.4) is 0 Å². The molecule has 0 heterocycles. The summed E-state index contributed by atoms with van der Waals surface area (Å²) in [7, 11) is 0. The second-order valence-electron chi connectivity index (χ2n) is 4.54. The molecule has 0 fully saturated rings. The van der Waals surface area contributed by atoms with Gasteiger partial charge >= 0.3 is 0 Å². The Labute approximate surface area is 128 Å². The van der Waals surface area contributed by atoms with Crippen LogP contribution >= 0.6 is 23.2 Å². The highest BCUT2D eigenvalue weighted by molar-refractivity contribution is 6.42. The Morgan fingerprint density at radius 2 is 2.05 bits per heavy atom. The molecule has 4 nitrogen and oxygen atoms in total. The number of unbranched alkanes of at least 4 members (excludes halogenated alkanes) is 1. The van der Waals surface area contributed by atoms with Gasteiger partial charge in [0.2, 0.25) is 6.41 Å². The number of carbonyl (C=O) groups excluding carboxylic acids is 1. The number of hydrogen-bond donors (Lipinski definition) is 2. The van der Waals surface area contributed by atoms with Crippen molar-refractivity contribution in [1.82, 2.24) is 4.90 Å². The van der Waals surface area contributed by atoms with Crippen LogP contribution in [0.5, 0.6) is 5.75 Å². The van der Waals surface area contributed by atoms with Crippen molar-refractivity contribution < 1.29 is 15.0 Å². The molecule has 1 aromatic rings. The van der Waals surface area contributed by atoms with Gasteiger partial charge in [0.1, 0.15) is 5.75 Å². The Morgan fingerprint density at radius 3 is 2.65 bits per heavy atom. The first-order chi connectivity index (χ1) is 9.51. The van der Waals surface area contributed by atoms with Crippen molar-refractivity contribution in [3.8, 4) is 5.75 Å². The number of phenols is 1. The summed E-state index contributed by atoms with van der Waals surface area (Å²) in [4.78, 5) is 12.3. The van der Waals surface area contributed by atoms with Crippen molar-refractivity contribution in [3.63, 3.8) is 0 Å². The molecule has 6 heteroatoms. The fourth-order valence-corrected chi connectivity index (χ4v) is 2.41. The predicted octanol–water partition coefficient (Wildman–Crippen LogP) is 3.38. The molecule has 20 heavy (non-hydrogen) atoms. The van der Waals surface area contributed by atoms with Gasteiger partial charge in [-0.15, -0.1) is 0 Å². The number of aromatic hydroxyl groups is 1. The molecule has 0 radical (unpaired) electrons. The van der Waals surface area contributed by atoms with Gasteiger partial charge in [-0.05, 0) is 38.3 Å². The SMILES string of the molecule is CCN(C=O)CCCCC(O)c1c(O)ccc(Cl)c1Cl. The van der Waals surface area contributed by atoms with E-state index in [1.165, 1.54) is 12.1 Å². The van der Waals surface area contributed by atoms with Gasteiger partial charge < -0.3 is 15.1 Å². The van der Waals surface area contributed by atoms with Crippen molar-refractivity contribution >= 4 is 29.6 Å². The fourth-order valence-electron chi connectivity index (χ4n) is 1.96. The molecule has 112 valence electrons. The number of carbonyl (C=O) groups is 1. The van der Waals surface area contributed by atoms with Gasteiger partial charge in [0.25, 0.3) is 0 Å². The predicted molar refractivity (Wildman–Crippen MR) is 80.2 cm³/mol. The first-order valence-corrected chi connectivity index (χ1v) is 7.31. The van der Waals surface area contributed by atoms with E-state index in [2.05, 4.69) is 0 Å². The van der Waals surface area contributed by atoms with Crippen LogP contribution in [0.15, 0.2) is 12.1 Å². The number of amides is 1. The molecule has 1 amide bonds. The average molecular weight is 320 g/mol. The lowest BCUT2D eigenvalue weighted by Crippen LogP contribution is -2.22. The van der Waals surface area contributed by atoms with Crippen molar-refractivity contribution in [2.24, 2.45) is 0 Å². The number of nitrogens with zero attached hydrogens (tertiary/aromatic N) is 1. The van der Waals surface area contributed by atoms with E-state index in [1.807, 2.05) is 6.92 Å². The lowest BCUT2D eigenvalue weighted by molar-refractivity contribution is -0.118. The van der Waals surface area contributed by atoms with Gasteiger partial charge in [-0.1, -0.05) is 23.2 Å². The van der Waals surface area contributed by atoms with E-state index >= 15 is 0 Å². The monoisotopic (exact) mass is 319 g/mol. The van der Waals surface area contributed by atoms with Crippen LogP contribution in [0.4, 0.5) is 0 Å². The Bertz CT molecular complexity index is 454. The van der Waals surface area contributed by atoms with Crippen LogP contribution in [0.2, 0.25) is 10.0 Å². The summed E-state index contributed by atoms with van der Waals surface area (Å²) < 4.78 is 0. The number of hydrogen-bond acceptors (Lipinski definition) is 3. The minimum absolute atomic E-state index is 0.0602. The number of phenolic OH excluding ortho intramolecular Hbond substituents is 1. The minimum Gasteiger partial charge on any atom is -0.508 e. The molecule has 0 spiro atoms. The number of aliphatic hydroxyl groups excluding tert-OH is 1. The molecule has 2 N–H and O–H groups in total. The largest absolute Gasteiger partial charge is 0.508 e. The topological polar surface area (TPSA) is 60.8 Å². The first-order valence-electron chi connectivity index (χ1n) is 6.55. The molecular weight excluding hydrogens is 301 g/mol. The fraction of sp³-hybridized carbons (Fsp3) is 0.500. The van der Waals surface area contributed by atoms with E-state index in [9.17, 15) is 15.0 Å². The molecule has 1 atom stereocenters. The number of benzene rings is 1. The summed E-state index contributed by atoms with van der Waals surface area (Å²) >= 11 is 11.9. The summed E-state index contributed by atoms with van der Waals surface area (Å²) in [5.41, 5.74) is 0.266. The zero-order valence-corrected chi connectivity index (χ0v) is 12.9. The van der Waals surface area contributed by atoms with Crippen molar-refractivity contribution in [3.05, 3.63) is 27.7 Å². The van der Waals surface area contributed by atoms with Gasteiger partial charge in [-0.3, -0.25) is 4.79 Å². The van der Waals surface area contributed by atoms with E-state index in [0.717, 1.165) is 12.8 Å². The van der Waals surface area contributed by atoms with Crippen molar-refractivity contribution in [1.29, 1.82) is 0 Å². The molecule has 0 saturated heterocycles. The summed E-state index contributed by atoms with van der Waals surface area (Å²) in [6, 6.07) is 2.90. The molecular formula is C14H19Cl2NO3. The maximum Gasteiger partial charge on any atom is 0.209 e. The van der Waals surface area contributed by atoms with Crippen LogP contribution in [0, 0.1) is 0 Å². The van der Waals surface area contributed by atoms with E-state index in [-0.39, 0.29) is 16.3 Å². The van der Waals surface area contributed by atoms with Gasteiger partial charge in [-0.2, -0.15) is 0 Å². The van der Waals surface area contributed by atoms with Crippen LogP contribution in [0.25, 0.3) is 0 Å². The second-order valence-corrected chi connectivity index (χ2v) is 5.32. The Balaban J connectivity index is 2.53. The molecule has 0 aromatic heterocycles. The summed E-state index contributed by atoms with van der Waals surface area (Å²) in [6.45, 7) is 3.24. The highest BCUT2D eigenvalue weighted by atomic mass is 35.5. The van der Waals surface area contributed by atoms with E-state index < -0.39 is 6.10 Å². The van der Waals surface area contributed by atoms with Crippen LogP contribution in [-0.4, -0.2) is 34.6 Å². The highest BCUT2D eigenvalue weighted by Crippen LogP contribution is 2.38. The van der Waals surface area contributed by atoms with Gasteiger partial charge in [-0.25, -0.2) is 0 Å². The molecule has 0 aliphatic heterocycles. The second kappa shape index (κ2) is 8.35. The van der Waals surface area contributed by atoms with Gasteiger partial charge in [0, 0.05) is 18.7 Å². The molecule has 0 aliphatic rings. The number of aliphatic hydroxyl groups is 1. The van der Waals surface area contributed by atoms with Crippen LogP contribution in [-0.2, 0) is 4.79 Å². The van der Waals surface area contributed by atoms with E-state index in [4.69, 9.17) is 23.2 Å². The standard InChI is InChI=1S/C14H19Cl2NO3/c1-2-17(9-18)8-4-3-5-11(19)13-12(20)7-6-10(15)14(13)16/h6-7,9,11,19-20H,2-5,8H2,1H3. The summed E-state index contributed by atoms with van der Waals surface area (Å²) in [5.74, 6) is -0.0602. The molecule has 1 rings (SSSR count). The average Bonchev–Trinajstić information content (AvgIpc) is 2.43. The Kier molecular flexibility index (Phi) is 7.13. The summed E-state index contributed by atoms with van der Waals surface area (Å²) in [6.07, 6.45) is 1.89.